The molecule has 1 aliphatic rings. The zero-order valence-electron chi connectivity index (χ0n) is 12.9. The Balaban J connectivity index is 2.10. The molecule has 1 fully saturated rings. The van der Waals surface area contributed by atoms with E-state index in [-0.39, 0.29) is 4.90 Å². The van der Waals surface area contributed by atoms with Crippen molar-refractivity contribution in [3.8, 4) is 0 Å². The third-order valence-corrected chi connectivity index (χ3v) is 5.92. The van der Waals surface area contributed by atoms with Crippen molar-refractivity contribution < 1.29 is 27.4 Å². The van der Waals surface area contributed by atoms with Gasteiger partial charge in [0, 0.05) is 26.8 Å². The van der Waals surface area contributed by atoms with Crippen molar-refractivity contribution in [2.45, 2.75) is 24.2 Å². The fourth-order valence-electron chi connectivity index (χ4n) is 2.53. The molecule has 1 aromatic rings. The number of nitrogens with zero attached hydrogens (tertiary/aromatic N) is 1. The summed E-state index contributed by atoms with van der Waals surface area (Å²) in [6, 6.07) is 2.81. The Morgan fingerprint density at radius 2 is 2.04 bits per heavy atom. The molecule has 128 valence electrons. The van der Waals surface area contributed by atoms with Gasteiger partial charge in [0.2, 0.25) is 10.0 Å². The molecule has 1 saturated heterocycles. The Kier molecular flexibility index (Phi) is 5.72. The van der Waals surface area contributed by atoms with Crippen LogP contribution >= 0.6 is 0 Å². The molecule has 0 bridgehead atoms. The number of rotatable bonds is 6. The largest absolute Gasteiger partial charge is 0.478 e. The monoisotopic (exact) mass is 345 g/mol. The zero-order valence-corrected chi connectivity index (χ0v) is 13.7. The van der Waals surface area contributed by atoms with E-state index in [0.717, 1.165) is 31.0 Å². The number of carbonyl (C=O) groups is 1. The van der Waals surface area contributed by atoms with E-state index < -0.39 is 27.4 Å². The van der Waals surface area contributed by atoms with E-state index >= 15 is 0 Å². The van der Waals surface area contributed by atoms with Crippen LogP contribution in [0.25, 0.3) is 0 Å². The molecule has 2 rings (SSSR count). The number of sulfonamides is 1. The van der Waals surface area contributed by atoms with Gasteiger partial charge in [-0.15, -0.1) is 0 Å². The van der Waals surface area contributed by atoms with Crippen molar-refractivity contribution >= 4 is 16.0 Å². The van der Waals surface area contributed by atoms with Crippen LogP contribution in [0.2, 0.25) is 0 Å². The number of hydrogen-bond donors (Lipinski definition) is 1. The molecule has 0 aromatic heterocycles. The lowest BCUT2D eigenvalue weighted by atomic mass is 9.97. The zero-order chi connectivity index (χ0) is 17.0. The highest BCUT2D eigenvalue weighted by atomic mass is 32.2. The fraction of sp³-hybridized carbons (Fsp3) is 0.533. The van der Waals surface area contributed by atoms with E-state index in [4.69, 9.17) is 9.84 Å². The molecule has 1 N–H and O–H groups in total. The quantitative estimate of drug-likeness (QED) is 0.852. The normalized spacial score (nSPS) is 16.7. The molecule has 1 aromatic carbocycles. The van der Waals surface area contributed by atoms with Crippen LogP contribution in [0, 0.1) is 11.7 Å². The lowest BCUT2D eigenvalue weighted by molar-refractivity contribution is 0.0628. The maximum Gasteiger partial charge on any atom is 0.338 e. The van der Waals surface area contributed by atoms with Crippen molar-refractivity contribution in [2.75, 3.05) is 26.8 Å². The number of halogens is 1. The Bertz CT molecular complexity index is 670. The average Bonchev–Trinajstić information content (AvgIpc) is 2.53. The predicted octanol–water partition coefficient (Wildman–Crippen LogP) is 1.96. The molecular formula is C15H20FNO5S. The van der Waals surface area contributed by atoms with E-state index in [1.807, 2.05) is 0 Å². The summed E-state index contributed by atoms with van der Waals surface area (Å²) in [6.45, 7) is 1.72. The second kappa shape index (κ2) is 7.37. The summed E-state index contributed by atoms with van der Waals surface area (Å²) >= 11 is 0. The summed E-state index contributed by atoms with van der Waals surface area (Å²) < 4.78 is 44.8. The van der Waals surface area contributed by atoms with Gasteiger partial charge >= 0.3 is 5.97 Å². The van der Waals surface area contributed by atoms with Gasteiger partial charge in [-0.2, -0.15) is 0 Å². The van der Waals surface area contributed by atoms with Crippen LogP contribution in [0.3, 0.4) is 0 Å². The molecule has 8 heteroatoms. The standard InChI is InChI=1S/C15H20FNO5S/c1-17(7-4-11-5-8-22-9-6-11)23(20,21)12-2-3-14(16)13(10-12)15(18)19/h2-3,10-11H,4-9H2,1H3,(H,18,19). The Morgan fingerprint density at radius 1 is 1.39 bits per heavy atom. The van der Waals surface area contributed by atoms with Gasteiger partial charge in [-0.05, 0) is 43.4 Å². The molecular weight excluding hydrogens is 325 g/mol. The minimum atomic E-state index is -3.84. The van der Waals surface area contributed by atoms with Gasteiger partial charge in [-0.1, -0.05) is 0 Å². The molecule has 1 heterocycles. The predicted molar refractivity (Wildman–Crippen MR) is 81.3 cm³/mol. The molecule has 1 aliphatic heterocycles. The van der Waals surface area contributed by atoms with Crippen molar-refractivity contribution in [1.82, 2.24) is 4.31 Å². The first-order valence-electron chi connectivity index (χ1n) is 7.39. The summed E-state index contributed by atoms with van der Waals surface area (Å²) in [7, 11) is -2.40. The van der Waals surface area contributed by atoms with Gasteiger partial charge in [-0.3, -0.25) is 0 Å². The molecule has 0 radical (unpaired) electrons. The van der Waals surface area contributed by atoms with E-state index in [0.29, 0.717) is 32.1 Å². The summed E-state index contributed by atoms with van der Waals surface area (Å²) in [6.07, 6.45) is 2.53. The summed E-state index contributed by atoms with van der Waals surface area (Å²) in [4.78, 5) is 10.7. The van der Waals surface area contributed by atoms with Crippen LogP contribution in [0.4, 0.5) is 4.39 Å². The Morgan fingerprint density at radius 3 is 2.65 bits per heavy atom. The number of aromatic carboxylic acids is 1. The van der Waals surface area contributed by atoms with Gasteiger partial charge in [0.1, 0.15) is 5.82 Å². The summed E-state index contributed by atoms with van der Waals surface area (Å²) in [5, 5.41) is 8.91. The molecule has 23 heavy (non-hydrogen) atoms. The van der Waals surface area contributed by atoms with Gasteiger partial charge in [0.05, 0.1) is 10.5 Å². The van der Waals surface area contributed by atoms with Crippen LogP contribution < -0.4 is 0 Å². The fourth-order valence-corrected chi connectivity index (χ4v) is 3.74. The first kappa shape index (κ1) is 17.8. The van der Waals surface area contributed by atoms with E-state index in [1.54, 1.807) is 0 Å². The maximum atomic E-state index is 13.4. The third-order valence-electron chi connectivity index (χ3n) is 4.07. The molecule has 0 unspecified atom stereocenters. The number of ether oxygens (including phenoxy) is 1. The smallest absolute Gasteiger partial charge is 0.338 e. The van der Waals surface area contributed by atoms with Crippen molar-refractivity contribution in [3.63, 3.8) is 0 Å². The van der Waals surface area contributed by atoms with Gasteiger partial charge in [0.25, 0.3) is 0 Å². The summed E-state index contributed by atoms with van der Waals surface area (Å²) in [5.74, 6) is -2.03. The topological polar surface area (TPSA) is 83.9 Å². The van der Waals surface area contributed by atoms with Crippen LogP contribution in [0.15, 0.2) is 23.1 Å². The highest BCUT2D eigenvalue weighted by Gasteiger charge is 2.24. The molecule has 0 saturated carbocycles. The van der Waals surface area contributed by atoms with Crippen LogP contribution in [-0.4, -0.2) is 50.6 Å². The van der Waals surface area contributed by atoms with Crippen LogP contribution in [-0.2, 0) is 14.8 Å². The minimum absolute atomic E-state index is 0.217. The number of carboxylic acids is 1. The Hall–Kier alpha value is -1.51. The second-order valence-corrected chi connectivity index (χ2v) is 7.66. The SMILES string of the molecule is CN(CCC1CCOCC1)S(=O)(=O)c1ccc(F)c(C(=O)O)c1. The number of hydrogen-bond acceptors (Lipinski definition) is 4. The van der Waals surface area contributed by atoms with Gasteiger partial charge in [-0.25, -0.2) is 21.9 Å². The lowest BCUT2D eigenvalue weighted by Crippen LogP contribution is -2.30. The highest BCUT2D eigenvalue weighted by Crippen LogP contribution is 2.22. The van der Waals surface area contributed by atoms with Crippen LogP contribution in [0.5, 0.6) is 0 Å². The molecule has 0 atom stereocenters. The molecule has 0 spiro atoms. The van der Waals surface area contributed by atoms with E-state index in [2.05, 4.69) is 0 Å². The first-order chi connectivity index (χ1) is 10.8. The van der Waals surface area contributed by atoms with Crippen molar-refractivity contribution in [1.29, 1.82) is 0 Å². The number of carboxylic acid groups (broad SMARTS) is 1. The first-order valence-corrected chi connectivity index (χ1v) is 8.83. The minimum Gasteiger partial charge on any atom is -0.478 e. The second-order valence-electron chi connectivity index (χ2n) is 5.62. The molecule has 6 nitrogen and oxygen atoms in total. The lowest BCUT2D eigenvalue weighted by Gasteiger charge is -2.24. The van der Waals surface area contributed by atoms with E-state index in [1.165, 1.54) is 11.4 Å². The van der Waals surface area contributed by atoms with Crippen LogP contribution in [0.1, 0.15) is 29.6 Å². The summed E-state index contributed by atoms with van der Waals surface area (Å²) in [5.41, 5.74) is -0.649. The highest BCUT2D eigenvalue weighted by molar-refractivity contribution is 7.89. The van der Waals surface area contributed by atoms with Crippen molar-refractivity contribution in [3.05, 3.63) is 29.6 Å². The Labute approximate surface area is 134 Å². The maximum absolute atomic E-state index is 13.4. The van der Waals surface area contributed by atoms with Gasteiger partial charge in [0.15, 0.2) is 0 Å². The molecule has 0 amide bonds. The van der Waals surface area contributed by atoms with E-state index in [9.17, 15) is 17.6 Å². The molecule has 0 aliphatic carbocycles. The average molecular weight is 345 g/mol. The third kappa shape index (κ3) is 4.27. The number of benzene rings is 1. The van der Waals surface area contributed by atoms with Crippen molar-refractivity contribution in [2.24, 2.45) is 5.92 Å². The van der Waals surface area contributed by atoms with Gasteiger partial charge < -0.3 is 9.84 Å².